The standard InChI is InChI=1S/C18H25I/c1-12-6-5-7-13-8-9-14-17(2,3)15(19)10-11-18(14,4)16(12)13/h5-7,14-15H,8-11H2,1-4H3/t14-,15-,18-/m0/s1. The first-order valence-corrected chi connectivity index (χ1v) is 8.85. The molecule has 2 aliphatic rings. The molecular formula is C18H25I. The van der Waals surface area contributed by atoms with Gasteiger partial charge in [-0.3, -0.25) is 0 Å². The van der Waals surface area contributed by atoms with Gasteiger partial charge in [0.05, 0.1) is 0 Å². The molecule has 19 heavy (non-hydrogen) atoms. The predicted molar refractivity (Wildman–Crippen MR) is 91.2 cm³/mol. The molecule has 0 bridgehead atoms. The van der Waals surface area contributed by atoms with Gasteiger partial charge < -0.3 is 0 Å². The van der Waals surface area contributed by atoms with E-state index in [-0.39, 0.29) is 0 Å². The van der Waals surface area contributed by atoms with Gasteiger partial charge in [0, 0.05) is 3.92 Å². The van der Waals surface area contributed by atoms with Crippen LogP contribution in [0.5, 0.6) is 0 Å². The van der Waals surface area contributed by atoms with Crippen LogP contribution in [0.15, 0.2) is 18.2 Å². The van der Waals surface area contributed by atoms with Crippen molar-refractivity contribution in [2.75, 3.05) is 0 Å². The van der Waals surface area contributed by atoms with Crippen LogP contribution in [0.25, 0.3) is 0 Å². The molecule has 0 radical (unpaired) electrons. The number of benzene rings is 1. The lowest BCUT2D eigenvalue weighted by Gasteiger charge is -2.56. The van der Waals surface area contributed by atoms with Crippen LogP contribution in [0.3, 0.4) is 0 Å². The fourth-order valence-electron chi connectivity index (χ4n) is 5.06. The minimum atomic E-state index is 0.407. The molecule has 104 valence electrons. The molecule has 1 fully saturated rings. The van der Waals surface area contributed by atoms with E-state index in [1.165, 1.54) is 31.2 Å². The number of fused-ring (bicyclic) bond motifs is 3. The summed E-state index contributed by atoms with van der Waals surface area (Å²) in [7, 11) is 0. The van der Waals surface area contributed by atoms with E-state index in [0.29, 0.717) is 10.8 Å². The second-order valence-corrected chi connectivity index (χ2v) is 8.95. The zero-order chi connectivity index (χ0) is 13.8. The largest absolute Gasteiger partial charge is 0.0820 e. The predicted octanol–water partition coefficient (Wildman–Crippen LogP) is 5.44. The zero-order valence-corrected chi connectivity index (χ0v) is 14.8. The zero-order valence-electron chi connectivity index (χ0n) is 12.6. The van der Waals surface area contributed by atoms with E-state index < -0.39 is 0 Å². The van der Waals surface area contributed by atoms with Crippen LogP contribution in [-0.2, 0) is 11.8 Å². The summed E-state index contributed by atoms with van der Waals surface area (Å²) in [4.78, 5) is 0. The van der Waals surface area contributed by atoms with Gasteiger partial charge >= 0.3 is 0 Å². The average molecular weight is 368 g/mol. The Bertz CT molecular complexity index is 502. The summed E-state index contributed by atoms with van der Waals surface area (Å²) in [5.41, 5.74) is 5.72. The Hall–Kier alpha value is -0.0500. The van der Waals surface area contributed by atoms with E-state index in [2.05, 4.69) is 68.5 Å². The Labute approximate surface area is 131 Å². The van der Waals surface area contributed by atoms with E-state index in [1.54, 1.807) is 11.1 Å². The number of hydrogen-bond acceptors (Lipinski definition) is 0. The molecule has 2 aliphatic carbocycles. The number of alkyl halides is 1. The monoisotopic (exact) mass is 368 g/mol. The molecule has 0 heterocycles. The molecule has 3 atom stereocenters. The summed E-state index contributed by atoms with van der Waals surface area (Å²) in [6.45, 7) is 9.88. The number of halogens is 1. The molecule has 1 aromatic rings. The van der Waals surface area contributed by atoms with Crippen LogP contribution in [0.2, 0.25) is 0 Å². The van der Waals surface area contributed by atoms with Crippen LogP contribution in [0.4, 0.5) is 0 Å². The van der Waals surface area contributed by atoms with Crippen molar-refractivity contribution in [1.82, 2.24) is 0 Å². The summed E-state index contributed by atoms with van der Waals surface area (Å²) in [6, 6.07) is 6.93. The van der Waals surface area contributed by atoms with Gasteiger partial charge in [-0.05, 0) is 66.0 Å². The second-order valence-electron chi connectivity index (χ2n) is 7.45. The molecule has 0 nitrogen and oxygen atoms in total. The van der Waals surface area contributed by atoms with E-state index >= 15 is 0 Å². The van der Waals surface area contributed by atoms with Crippen molar-refractivity contribution in [1.29, 1.82) is 0 Å². The molecule has 0 unspecified atom stereocenters. The van der Waals surface area contributed by atoms with Gasteiger partial charge in [-0.2, -0.15) is 0 Å². The van der Waals surface area contributed by atoms with Gasteiger partial charge in [0.15, 0.2) is 0 Å². The van der Waals surface area contributed by atoms with Crippen LogP contribution in [-0.4, -0.2) is 3.92 Å². The lowest BCUT2D eigenvalue weighted by atomic mass is 9.50. The fraction of sp³-hybridized carbons (Fsp3) is 0.667. The highest BCUT2D eigenvalue weighted by Gasteiger charge is 2.53. The smallest absolute Gasteiger partial charge is 0.0164 e. The topological polar surface area (TPSA) is 0 Å². The highest BCUT2D eigenvalue weighted by atomic mass is 127. The Balaban J connectivity index is 2.16. The summed E-state index contributed by atoms with van der Waals surface area (Å²) in [6.07, 6.45) is 5.39. The maximum atomic E-state index is 2.70. The van der Waals surface area contributed by atoms with E-state index in [0.717, 1.165) is 9.84 Å². The van der Waals surface area contributed by atoms with Gasteiger partial charge in [0.25, 0.3) is 0 Å². The minimum absolute atomic E-state index is 0.407. The van der Waals surface area contributed by atoms with Crippen LogP contribution in [0.1, 0.15) is 56.7 Å². The van der Waals surface area contributed by atoms with Crippen LogP contribution < -0.4 is 0 Å². The highest BCUT2D eigenvalue weighted by molar-refractivity contribution is 14.1. The van der Waals surface area contributed by atoms with Gasteiger partial charge in [-0.15, -0.1) is 0 Å². The first-order chi connectivity index (χ1) is 8.87. The van der Waals surface area contributed by atoms with E-state index in [4.69, 9.17) is 0 Å². The molecule has 0 spiro atoms. The quantitative estimate of drug-likeness (QED) is 0.423. The molecule has 1 aromatic carbocycles. The Morgan fingerprint density at radius 1 is 1.16 bits per heavy atom. The summed E-state index contributed by atoms with van der Waals surface area (Å²) >= 11 is 2.70. The Morgan fingerprint density at radius 2 is 1.89 bits per heavy atom. The van der Waals surface area contributed by atoms with Crippen molar-refractivity contribution in [3.05, 3.63) is 34.9 Å². The number of hydrogen-bond donors (Lipinski definition) is 0. The molecule has 0 saturated heterocycles. The first-order valence-electron chi connectivity index (χ1n) is 7.60. The molecule has 1 saturated carbocycles. The maximum Gasteiger partial charge on any atom is 0.0164 e. The lowest BCUT2D eigenvalue weighted by Crippen LogP contribution is -2.52. The summed E-state index contributed by atoms with van der Waals surface area (Å²) < 4.78 is 0.828. The van der Waals surface area contributed by atoms with Gasteiger partial charge in [0.1, 0.15) is 0 Å². The highest BCUT2D eigenvalue weighted by Crippen LogP contribution is 2.59. The molecule has 0 aromatic heterocycles. The van der Waals surface area contributed by atoms with Crippen molar-refractivity contribution >= 4 is 22.6 Å². The van der Waals surface area contributed by atoms with Crippen LogP contribution >= 0.6 is 22.6 Å². The van der Waals surface area contributed by atoms with Crippen molar-refractivity contribution in [3.63, 3.8) is 0 Å². The third-order valence-electron chi connectivity index (χ3n) is 6.02. The fourth-order valence-corrected chi connectivity index (χ4v) is 5.80. The van der Waals surface area contributed by atoms with Crippen LogP contribution in [0, 0.1) is 18.3 Å². The summed E-state index contributed by atoms with van der Waals surface area (Å²) in [5.74, 6) is 0.837. The minimum Gasteiger partial charge on any atom is -0.0820 e. The third kappa shape index (κ3) is 1.91. The van der Waals surface area contributed by atoms with E-state index in [1.807, 2.05) is 0 Å². The summed E-state index contributed by atoms with van der Waals surface area (Å²) in [5, 5.41) is 0. The lowest BCUT2D eigenvalue weighted by molar-refractivity contribution is 0.0516. The number of aryl methyl sites for hydroxylation is 2. The second kappa shape index (κ2) is 4.47. The normalized spacial score (nSPS) is 36.5. The average Bonchev–Trinajstić information content (AvgIpc) is 2.34. The molecule has 0 N–H and O–H groups in total. The van der Waals surface area contributed by atoms with E-state index in [9.17, 15) is 0 Å². The molecular weight excluding hydrogens is 343 g/mol. The van der Waals surface area contributed by atoms with Crippen molar-refractivity contribution < 1.29 is 0 Å². The Morgan fingerprint density at radius 3 is 2.63 bits per heavy atom. The van der Waals surface area contributed by atoms with Crippen molar-refractivity contribution in [3.8, 4) is 0 Å². The molecule has 0 amide bonds. The maximum absolute atomic E-state index is 2.70. The van der Waals surface area contributed by atoms with Crippen molar-refractivity contribution in [2.45, 2.75) is 62.7 Å². The first kappa shape index (κ1) is 13.9. The van der Waals surface area contributed by atoms with Gasteiger partial charge in [-0.25, -0.2) is 0 Å². The van der Waals surface area contributed by atoms with Gasteiger partial charge in [-0.1, -0.05) is 61.6 Å². The SMILES string of the molecule is Cc1cccc2c1[C@@]1(C)CC[C@H](I)C(C)(C)[C@@H]1CC2. The van der Waals surface area contributed by atoms with Crippen molar-refractivity contribution in [2.24, 2.45) is 11.3 Å². The third-order valence-corrected chi connectivity index (χ3v) is 8.25. The Kier molecular flexibility index (Phi) is 3.28. The molecule has 1 heteroatoms. The van der Waals surface area contributed by atoms with Gasteiger partial charge in [0.2, 0.25) is 0 Å². The number of rotatable bonds is 0. The molecule has 3 rings (SSSR count). The molecule has 0 aliphatic heterocycles.